The van der Waals surface area contributed by atoms with Gasteiger partial charge in [0.2, 0.25) is 5.91 Å². The molecule has 14 heavy (non-hydrogen) atoms. The van der Waals surface area contributed by atoms with Crippen molar-refractivity contribution in [3.05, 3.63) is 0 Å². The Morgan fingerprint density at radius 3 is 2.43 bits per heavy atom. The molecule has 0 bridgehead atoms. The Balaban J connectivity index is 4.45. The molecular formula is C6H14N4O4. The van der Waals surface area contributed by atoms with E-state index < -0.39 is 17.7 Å². The number of aliphatic hydroxyl groups is 1. The lowest BCUT2D eigenvalue weighted by Crippen LogP contribution is -2.65. The minimum absolute atomic E-state index is 0.350. The normalized spacial score (nSPS) is 14.3. The summed E-state index contributed by atoms with van der Waals surface area (Å²) in [7, 11) is 2.60. The van der Waals surface area contributed by atoms with E-state index in [0.29, 0.717) is 0 Å². The van der Waals surface area contributed by atoms with Crippen molar-refractivity contribution < 1.29 is 19.5 Å². The summed E-state index contributed by atoms with van der Waals surface area (Å²) in [5, 5.41) is 13.6. The zero-order valence-electron chi connectivity index (χ0n) is 7.96. The van der Waals surface area contributed by atoms with Crippen molar-refractivity contribution in [2.75, 3.05) is 20.6 Å². The summed E-state index contributed by atoms with van der Waals surface area (Å²) in [6.07, 6.45) is 0. The van der Waals surface area contributed by atoms with Crippen molar-refractivity contribution in [3.63, 3.8) is 0 Å². The molecule has 0 spiro atoms. The van der Waals surface area contributed by atoms with Crippen molar-refractivity contribution in [1.82, 2.24) is 16.1 Å². The van der Waals surface area contributed by atoms with Crippen LogP contribution in [0.3, 0.4) is 0 Å². The van der Waals surface area contributed by atoms with E-state index in [0.717, 1.165) is 0 Å². The van der Waals surface area contributed by atoms with E-state index >= 15 is 0 Å². The average molecular weight is 206 g/mol. The van der Waals surface area contributed by atoms with Gasteiger partial charge in [0.05, 0.1) is 6.54 Å². The number of carbonyl (C=O) groups excluding carboxylic acids is 2. The second-order valence-corrected chi connectivity index (χ2v) is 2.31. The van der Waals surface area contributed by atoms with E-state index in [1.54, 1.807) is 0 Å². The van der Waals surface area contributed by atoms with Gasteiger partial charge in [-0.25, -0.2) is 4.79 Å². The maximum atomic E-state index is 11.1. The molecule has 6 N–H and O–H groups in total. The van der Waals surface area contributed by atoms with Crippen molar-refractivity contribution >= 4 is 11.9 Å². The Kier molecular flexibility index (Phi) is 5.02. The Morgan fingerprint density at radius 2 is 2.07 bits per heavy atom. The van der Waals surface area contributed by atoms with Crippen molar-refractivity contribution in [1.29, 1.82) is 0 Å². The number of rotatable bonds is 5. The summed E-state index contributed by atoms with van der Waals surface area (Å²) in [6, 6.07) is 0. The molecule has 0 aliphatic carbocycles. The monoisotopic (exact) mass is 206 g/mol. The van der Waals surface area contributed by atoms with Gasteiger partial charge in [-0.05, 0) is 7.05 Å². The SMILES string of the molecule is CNOC(=O)C(O)(NC)NC(=O)CN. The van der Waals surface area contributed by atoms with Crippen LogP contribution in [0, 0.1) is 0 Å². The molecule has 1 atom stereocenters. The number of hydrogen-bond donors (Lipinski definition) is 5. The van der Waals surface area contributed by atoms with E-state index in [4.69, 9.17) is 5.73 Å². The summed E-state index contributed by atoms with van der Waals surface area (Å²) >= 11 is 0. The van der Waals surface area contributed by atoms with Crippen LogP contribution in [-0.4, -0.2) is 43.5 Å². The Morgan fingerprint density at radius 1 is 1.50 bits per heavy atom. The van der Waals surface area contributed by atoms with Gasteiger partial charge in [-0.2, -0.15) is 5.48 Å². The van der Waals surface area contributed by atoms with Gasteiger partial charge in [0.25, 0.3) is 5.85 Å². The fourth-order valence-corrected chi connectivity index (χ4v) is 0.635. The summed E-state index contributed by atoms with van der Waals surface area (Å²) in [6.45, 7) is -0.350. The number of amides is 1. The molecule has 8 nitrogen and oxygen atoms in total. The van der Waals surface area contributed by atoms with Crippen LogP contribution in [0.2, 0.25) is 0 Å². The van der Waals surface area contributed by atoms with Crippen molar-refractivity contribution in [3.8, 4) is 0 Å². The second-order valence-electron chi connectivity index (χ2n) is 2.31. The van der Waals surface area contributed by atoms with E-state index in [-0.39, 0.29) is 6.54 Å². The van der Waals surface area contributed by atoms with E-state index in [9.17, 15) is 14.7 Å². The molecule has 0 rings (SSSR count). The fraction of sp³-hybridized carbons (Fsp3) is 0.667. The number of nitrogens with two attached hydrogens (primary N) is 1. The van der Waals surface area contributed by atoms with Crippen LogP contribution in [0.1, 0.15) is 0 Å². The van der Waals surface area contributed by atoms with Crippen LogP contribution >= 0.6 is 0 Å². The molecule has 0 saturated carbocycles. The Hall–Kier alpha value is -1.22. The third-order valence-electron chi connectivity index (χ3n) is 1.36. The fourth-order valence-electron chi connectivity index (χ4n) is 0.635. The Bertz CT molecular complexity index is 222. The van der Waals surface area contributed by atoms with Crippen LogP contribution < -0.4 is 21.8 Å². The molecule has 0 heterocycles. The van der Waals surface area contributed by atoms with E-state index in [1.807, 2.05) is 5.32 Å². The number of carbonyl (C=O) groups is 2. The minimum atomic E-state index is -2.28. The van der Waals surface area contributed by atoms with Gasteiger partial charge in [0.15, 0.2) is 0 Å². The number of hydroxylamine groups is 1. The van der Waals surface area contributed by atoms with Crippen LogP contribution in [-0.2, 0) is 14.4 Å². The molecule has 0 aromatic heterocycles. The summed E-state index contributed by atoms with van der Waals surface area (Å²) in [5.74, 6) is -4.07. The topological polar surface area (TPSA) is 126 Å². The molecule has 0 radical (unpaired) electrons. The van der Waals surface area contributed by atoms with Gasteiger partial charge >= 0.3 is 5.97 Å². The van der Waals surface area contributed by atoms with E-state index in [2.05, 4.69) is 15.6 Å². The molecule has 82 valence electrons. The van der Waals surface area contributed by atoms with Crippen LogP contribution in [0.4, 0.5) is 0 Å². The standard InChI is InChI=1S/C6H14N4O4/c1-8-6(13,5(12)14-9-2)10-4(11)3-7/h8-9,13H,3,7H2,1-2H3,(H,10,11). The highest BCUT2D eigenvalue weighted by atomic mass is 16.7. The third kappa shape index (κ3) is 3.26. The predicted octanol–water partition coefficient (Wildman–Crippen LogP) is -3.40. The highest BCUT2D eigenvalue weighted by Crippen LogP contribution is 1.95. The molecule has 1 unspecified atom stereocenters. The van der Waals surface area contributed by atoms with Gasteiger partial charge in [0.1, 0.15) is 0 Å². The lowest BCUT2D eigenvalue weighted by molar-refractivity contribution is -0.181. The van der Waals surface area contributed by atoms with Crippen LogP contribution in [0.25, 0.3) is 0 Å². The maximum absolute atomic E-state index is 11.1. The molecule has 0 aliphatic heterocycles. The minimum Gasteiger partial charge on any atom is -0.366 e. The van der Waals surface area contributed by atoms with Gasteiger partial charge in [0, 0.05) is 7.05 Å². The molecule has 0 aromatic rings. The molecule has 0 aromatic carbocycles. The van der Waals surface area contributed by atoms with Crippen molar-refractivity contribution in [2.24, 2.45) is 5.73 Å². The maximum Gasteiger partial charge on any atom is 0.395 e. The highest BCUT2D eigenvalue weighted by Gasteiger charge is 2.38. The molecule has 8 heteroatoms. The lowest BCUT2D eigenvalue weighted by atomic mass is 10.4. The first-order chi connectivity index (χ1) is 6.50. The first kappa shape index (κ1) is 12.8. The first-order valence-corrected chi connectivity index (χ1v) is 3.80. The predicted molar refractivity (Wildman–Crippen MR) is 46.4 cm³/mol. The van der Waals surface area contributed by atoms with E-state index in [1.165, 1.54) is 14.1 Å². The zero-order chi connectivity index (χ0) is 11.2. The molecule has 0 aliphatic rings. The lowest BCUT2D eigenvalue weighted by Gasteiger charge is -2.25. The van der Waals surface area contributed by atoms with Gasteiger partial charge in [-0.15, -0.1) is 0 Å². The molecule has 1 amide bonds. The molecule has 0 fully saturated rings. The van der Waals surface area contributed by atoms with Gasteiger partial charge < -0.3 is 21.0 Å². The van der Waals surface area contributed by atoms with Crippen molar-refractivity contribution in [2.45, 2.75) is 5.85 Å². The molecule has 0 saturated heterocycles. The summed E-state index contributed by atoms with van der Waals surface area (Å²) in [4.78, 5) is 26.2. The number of nitrogens with one attached hydrogen (secondary N) is 3. The zero-order valence-corrected chi connectivity index (χ0v) is 7.96. The highest BCUT2D eigenvalue weighted by molar-refractivity contribution is 5.86. The van der Waals surface area contributed by atoms with Gasteiger partial charge in [-0.1, -0.05) is 0 Å². The summed E-state index contributed by atoms with van der Waals surface area (Å²) < 4.78 is 0. The van der Waals surface area contributed by atoms with Crippen LogP contribution in [0.15, 0.2) is 0 Å². The third-order valence-corrected chi connectivity index (χ3v) is 1.36. The smallest absolute Gasteiger partial charge is 0.366 e. The Labute approximate surface area is 80.7 Å². The summed E-state index contributed by atoms with van der Waals surface area (Å²) in [5.41, 5.74) is 7.06. The van der Waals surface area contributed by atoms with Gasteiger partial charge in [-0.3, -0.25) is 10.1 Å². The average Bonchev–Trinajstić information content (AvgIpc) is 2.17. The second kappa shape index (κ2) is 5.50. The number of likely N-dealkylation sites (N-methyl/N-ethyl adjacent to an activating group) is 1. The van der Waals surface area contributed by atoms with Crippen LogP contribution in [0.5, 0.6) is 0 Å². The molecular weight excluding hydrogens is 192 g/mol. The quantitative estimate of drug-likeness (QED) is 0.234. The largest absolute Gasteiger partial charge is 0.395 e. The first-order valence-electron chi connectivity index (χ1n) is 3.80. The number of hydrogen-bond acceptors (Lipinski definition) is 7.